The third-order valence-electron chi connectivity index (χ3n) is 3.18. The first-order chi connectivity index (χ1) is 10.9. The van der Waals surface area contributed by atoms with E-state index in [1.165, 1.54) is 12.1 Å². The van der Waals surface area contributed by atoms with Crippen LogP contribution in [0, 0.1) is 0 Å². The van der Waals surface area contributed by atoms with E-state index in [-0.39, 0.29) is 29.3 Å². The summed E-state index contributed by atoms with van der Waals surface area (Å²) in [5.74, 6) is 0. The summed E-state index contributed by atoms with van der Waals surface area (Å²) < 4.78 is 39.4. The van der Waals surface area contributed by atoms with Crippen LogP contribution in [0.15, 0.2) is 53.7 Å². The van der Waals surface area contributed by atoms with Gasteiger partial charge in [-0.2, -0.15) is 13.2 Å². The molecule has 2 rings (SSSR count). The maximum absolute atomic E-state index is 13.1. The minimum Gasteiger partial charge on any atom is -0.391 e. The molecule has 2 aromatic carbocycles. The standard InChI is InChI=1S/C17H15ClF3NO/c1-2-16(22-23-11-12-6-4-3-5-7-12)14-10-13(18)8-9-15(14)17(19,20)21/h3-10H,2,11H2,1H3/b22-16+. The molecule has 2 aromatic rings. The second-order valence-electron chi connectivity index (χ2n) is 4.84. The van der Waals surface area contributed by atoms with Crippen molar-refractivity contribution in [3.05, 3.63) is 70.2 Å². The number of rotatable bonds is 5. The topological polar surface area (TPSA) is 21.6 Å². The first-order valence-corrected chi connectivity index (χ1v) is 7.39. The molecule has 0 aliphatic carbocycles. The third kappa shape index (κ3) is 4.73. The van der Waals surface area contributed by atoms with Gasteiger partial charge in [0.15, 0.2) is 0 Å². The molecule has 0 saturated heterocycles. The van der Waals surface area contributed by atoms with Crippen molar-refractivity contribution < 1.29 is 18.0 Å². The molecule has 0 heterocycles. The highest BCUT2D eigenvalue weighted by Gasteiger charge is 2.34. The van der Waals surface area contributed by atoms with Gasteiger partial charge in [0.05, 0.1) is 11.3 Å². The zero-order valence-corrected chi connectivity index (χ0v) is 13.2. The summed E-state index contributed by atoms with van der Waals surface area (Å²) in [5, 5.41) is 4.10. The molecule has 0 amide bonds. The maximum Gasteiger partial charge on any atom is 0.417 e. The molecule has 0 spiro atoms. The summed E-state index contributed by atoms with van der Waals surface area (Å²) in [7, 11) is 0. The van der Waals surface area contributed by atoms with Gasteiger partial charge in [-0.05, 0) is 30.2 Å². The van der Waals surface area contributed by atoms with Crippen molar-refractivity contribution in [2.75, 3.05) is 0 Å². The number of hydrogen-bond acceptors (Lipinski definition) is 2. The zero-order chi connectivity index (χ0) is 16.9. The molecule has 0 aromatic heterocycles. The van der Waals surface area contributed by atoms with Crippen LogP contribution in [-0.4, -0.2) is 5.71 Å². The van der Waals surface area contributed by atoms with Crippen LogP contribution in [-0.2, 0) is 17.6 Å². The molecule has 0 N–H and O–H groups in total. The first-order valence-electron chi connectivity index (χ1n) is 7.01. The van der Waals surface area contributed by atoms with Gasteiger partial charge in [-0.3, -0.25) is 0 Å². The molecule has 6 heteroatoms. The number of benzene rings is 2. The Bertz CT molecular complexity index is 684. The van der Waals surface area contributed by atoms with Gasteiger partial charge in [-0.1, -0.05) is 54.0 Å². The Balaban J connectivity index is 2.26. The van der Waals surface area contributed by atoms with Crippen molar-refractivity contribution in [3.63, 3.8) is 0 Å². The van der Waals surface area contributed by atoms with Crippen molar-refractivity contribution in [2.24, 2.45) is 5.16 Å². The van der Waals surface area contributed by atoms with Gasteiger partial charge < -0.3 is 4.84 Å². The smallest absolute Gasteiger partial charge is 0.391 e. The molecule has 23 heavy (non-hydrogen) atoms. The monoisotopic (exact) mass is 341 g/mol. The van der Waals surface area contributed by atoms with E-state index in [1.807, 2.05) is 30.3 Å². The fourth-order valence-electron chi connectivity index (χ4n) is 2.07. The van der Waals surface area contributed by atoms with Gasteiger partial charge in [0.2, 0.25) is 0 Å². The number of hydrogen-bond donors (Lipinski definition) is 0. The SMILES string of the molecule is CC/C(=N\OCc1ccccc1)c1cc(Cl)ccc1C(F)(F)F. The van der Waals surface area contributed by atoms with Crippen LogP contribution in [0.3, 0.4) is 0 Å². The molecular weight excluding hydrogens is 327 g/mol. The predicted octanol–water partition coefficient (Wildman–Crippen LogP) is 5.69. The summed E-state index contributed by atoms with van der Waals surface area (Å²) in [6, 6.07) is 12.7. The summed E-state index contributed by atoms with van der Waals surface area (Å²) in [4.78, 5) is 5.21. The molecule has 0 aliphatic heterocycles. The quantitative estimate of drug-likeness (QED) is 0.505. The van der Waals surface area contributed by atoms with Crippen molar-refractivity contribution >= 4 is 17.3 Å². The van der Waals surface area contributed by atoms with Gasteiger partial charge in [0.1, 0.15) is 6.61 Å². The van der Waals surface area contributed by atoms with E-state index in [1.54, 1.807) is 6.92 Å². The highest BCUT2D eigenvalue weighted by molar-refractivity contribution is 6.31. The molecule has 0 unspecified atom stereocenters. The van der Waals surface area contributed by atoms with Crippen LogP contribution in [0.4, 0.5) is 13.2 Å². The van der Waals surface area contributed by atoms with Crippen molar-refractivity contribution in [1.29, 1.82) is 0 Å². The van der Waals surface area contributed by atoms with Crippen molar-refractivity contribution in [3.8, 4) is 0 Å². The van der Waals surface area contributed by atoms with Crippen LogP contribution >= 0.6 is 11.6 Å². The number of nitrogens with zero attached hydrogens (tertiary/aromatic N) is 1. The van der Waals surface area contributed by atoms with Crippen LogP contribution in [0.2, 0.25) is 5.02 Å². The first kappa shape index (κ1) is 17.3. The van der Waals surface area contributed by atoms with E-state index in [2.05, 4.69) is 5.16 Å². The van der Waals surface area contributed by atoms with E-state index < -0.39 is 11.7 Å². The number of alkyl halides is 3. The molecule has 0 atom stereocenters. The van der Waals surface area contributed by atoms with E-state index in [9.17, 15) is 13.2 Å². The van der Waals surface area contributed by atoms with Crippen molar-refractivity contribution in [2.45, 2.75) is 26.1 Å². The van der Waals surface area contributed by atoms with E-state index >= 15 is 0 Å². The van der Waals surface area contributed by atoms with Gasteiger partial charge >= 0.3 is 6.18 Å². The average Bonchev–Trinajstić information content (AvgIpc) is 2.51. The summed E-state index contributed by atoms with van der Waals surface area (Å²) >= 11 is 5.83. The predicted molar refractivity (Wildman–Crippen MR) is 84.5 cm³/mol. The van der Waals surface area contributed by atoms with Crippen LogP contribution < -0.4 is 0 Å². The lowest BCUT2D eigenvalue weighted by Gasteiger charge is -2.14. The molecule has 0 radical (unpaired) electrons. The van der Waals surface area contributed by atoms with Gasteiger partial charge in [0, 0.05) is 10.6 Å². The minimum absolute atomic E-state index is 0.0550. The Morgan fingerprint density at radius 1 is 1.13 bits per heavy atom. The second-order valence-corrected chi connectivity index (χ2v) is 5.27. The highest BCUT2D eigenvalue weighted by Crippen LogP contribution is 2.34. The van der Waals surface area contributed by atoms with Gasteiger partial charge in [-0.15, -0.1) is 0 Å². The average molecular weight is 342 g/mol. The zero-order valence-electron chi connectivity index (χ0n) is 12.4. The summed E-state index contributed by atoms with van der Waals surface area (Å²) in [6.45, 7) is 1.90. The van der Waals surface area contributed by atoms with Gasteiger partial charge in [-0.25, -0.2) is 0 Å². The van der Waals surface area contributed by atoms with E-state index in [0.717, 1.165) is 11.6 Å². The van der Waals surface area contributed by atoms with Crippen LogP contribution in [0.25, 0.3) is 0 Å². The molecule has 0 bridgehead atoms. The molecule has 2 nitrogen and oxygen atoms in total. The minimum atomic E-state index is -4.48. The summed E-state index contributed by atoms with van der Waals surface area (Å²) in [5.41, 5.74) is 0.260. The normalized spacial score (nSPS) is 12.3. The Morgan fingerprint density at radius 3 is 2.43 bits per heavy atom. The lowest BCUT2D eigenvalue weighted by Crippen LogP contribution is -2.13. The fraction of sp³-hybridized carbons (Fsp3) is 0.235. The maximum atomic E-state index is 13.1. The largest absolute Gasteiger partial charge is 0.417 e. The van der Waals surface area contributed by atoms with Crippen LogP contribution in [0.1, 0.15) is 30.0 Å². The van der Waals surface area contributed by atoms with Crippen LogP contribution in [0.5, 0.6) is 0 Å². The lowest BCUT2D eigenvalue weighted by atomic mass is 10.0. The Kier molecular flexibility index (Phi) is 5.66. The van der Waals surface area contributed by atoms with E-state index in [0.29, 0.717) is 0 Å². The van der Waals surface area contributed by atoms with E-state index in [4.69, 9.17) is 16.4 Å². The summed E-state index contributed by atoms with van der Waals surface area (Å²) in [6.07, 6.45) is -4.19. The highest BCUT2D eigenvalue weighted by atomic mass is 35.5. The number of oxime groups is 1. The van der Waals surface area contributed by atoms with Crippen molar-refractivity contribution in [1.82, 2.24) is 0 Å². The molecule has 0 aliphatic rings. The fourth-order valence-corrected chi connectivity index (χ4v) is 2.24. The molecular formula is C17H15ClF3NO. The molecule has 0 saturated carbocycles. The van der Waals surface area contributed by atoms with Gasteiger partial charge in [0.25, 0.3) is 0 Å². The Morgan fingerprint density at radius 2 is 1.83 bits per heavy atom. The second kappa shape index (κ2) is 7.51. The lowest BCUT2D eigenvalue weighted by molar-refractivity contribution is -0.137. The Hall–Kier alpha value is -2.01. The Labute approximate surface area is 137 Å². The number of halogens is 4. The molecule has 0 fully saturated rings. The molecule has 122 valence electrons. The third-order valence-corrected chi connectivity index (χ3v) is 3.42.